The third-order valence-corrected chi connectivity index (χ3v) is 1.98. The van der Waals surface area contributed by atoms with Gasteiger partial charge in [0.05, 0.1) is 6.04 Å². The van der Waals surface area contributed by atoms with Gasteiger partial charge in [0.25, 0.3) is 0 Å². The number of methoxy groups -OCH3 is 2. The van der Waals surface area contributed by atoms with Gasteiger partial charge in [0, 0.05) is 20.6 Å². The van der Waals surface area contributed by atoms with Gasteiger partial charge in [-0.1, -0.05) is 0 Å². The molecule has 0 aliphatic rings. The monoisotopic (exact) mass is 230 g/mol. The third-order valence-electron chi connectivity index (χ3n) is 1.98. The molecule has 0 bridgehead atoms. The van der Waals surface area contributed by atoms with Crippen molar-refractivity contribution in [3.8, 4) is 0 Å². The van der Waals surface area contributed by atoms with Crippen LogP contribution in [0, 0.1) is 0 Å². The zero-order valence-corrected chi connectivity index (χ0v) is 8.80. The Morgan fingerprint density at radius 1 is 1.27 bits per heavy atom. The van der Waals surface area contributed by atoms with E-state index in [9.17, 15) is 13.2 Å². The second-order valence-corrected chi connectivity index (χ2v) is 3.12. The summed E-state index contributed by atoms with van der Waals surface area (Å²) in [7, 11) is 2.81. The summed E-state index contributed by atoms with van der Waals surface area (Å²) < 4.78 is 45.4. The van der Waals surface area contributed by atoms with Crippen molar-refractivity contribution in [3.63, 3.8) is 0 Å². The van der Waals surface area contributed by atoms with Crippen molar-refractivity contribution in [3.05, 3.63) is 0 Å². The number of hydrogen-bond acceptors (Lipinski definition) is 4. The molecule has 3 N–H and O–H groups in total. The molecule has 0 heterocycles. The normalized spacial score (nSPS) is 14.6. The van der Waals surface area contributed by atoms with E-state index in [-0.39, 0.29) is 12.8 Å². The molecule has 15 heavy (non-hydrogen) atoms. The molecule has 1 atom stereocenters. The molecule has 0 saturated heterocycles. The van der Waals surface area contributed by atoms with E-state index in [4.69, 9.17) is 15.3 Å². The highest BCUT2D eigenvalue weighted by Gasteiger charge is 2.28. The second-order valence-electron chi connectivity index (χ2n) is 3.12. The highest BCUT2D eigenvalue weighted by Crippen LogP contribution is 2.23. The Morgan fingerprint density at radius 2 is 1.80 bits per heavy atom. The summed E-state index contributed by atoms with van der Waals surface area (Å²) in [6.07, 6.45) is -5.37. The van der Waals surface area contributed by atoms with Crippen LogP contribution in [0.4, 0.5) is 13.2 Å². The van der Waals surface area contributed by atoms with Crippen LogP contribution < -0.4 is 11.3 Å². The summed E-state index contributed by atoms with van der Waals surface area (Å²) in [5, 5.41) is 0. The quantitative estimate of drug-likeness (QED) is 0.391. The summed E-state index contributed by atoms with van der Waals surface area (Å²) >= 11 is 0. The minimum absolute atomic E-state index is 0.0123. The van der Waals surface area contributed by atoms with E-state index >= 15 is 0 Å². The number of ether oxygens (including phenoxy) is 2. The molecule has 0 rings (SSSR count). The second kappa shape index (κ2) is 7.00. The van der Waals surface area contributed by atoms with Crippen molar-refractivity contribution in [2.45, 2.75) is 37.8 Å². The molecule has 0 amide bonds. The molecule has 0 aromatic rings. The summed E-state index contributed by atoms with van der Waals surface area (Å²) in [6, 6.07) is -0.442. The van der Waals surface area contributed by atoms with Crippen LogP contribution in [0.5, 0.6) is 0 Å². The van der Waals surface area contributed by atoms with E-state index in [0.29, 0.717) is 0 Å². The fraction of sp³-hybridized carbons (Fsp3) is 1.00. The van der Waals surface area contributed by atoms with Crippen LogP contribution in [0.15, 0.2) is 0 Å². The van der Waals surface area contributed by atoms with Gasteiger partial charge in [-0.05, 0) is 12.8 Å². The average Bonchev–Trinajstić information content (AvgIpc) is 2.15. The third kappa shape index (κ3) is 6.67. The SMILES string of the molecule is COC(OC)C(CCCC(F)(F)F)NN. The minimum Gasteiger partial charge on any atom is -0.354 e. The van der Waals surface area contributed by atoms with Gasteiger partial charge in [-0.2, -0.15) is 13.2 Å². The molecule has 1 unspecified atom stereocenters. The fourth-order valence-corrected chi connectivity index (χ4v) is 1.25. The lowest BCUT2D eigenvalue weighted by molar-refractivity contribution is -0.142. The number of nitrogens with one attached hydrogen (secondary N) is 1. The number of hydrogen-bond donors (Lipinski definition) is 2. The largest absolute Gasteiger partial charge is 0.389 e. The predicted octanol–water partition coefficient (Wildman–Crippen LogP) is 1.17. The van der Waals surface area contributed by atoms with E-state index in [1.165, 1.54) is 14.2 Å². The van der Waals surface area contributed by atoms with Gasteiger partial charge in [-0.15, -0.1) is 0 Å². The molecule has 0 aliphatic carbocycles. The van der Waals surface area contributed by atoms with E-state index < -0.39 is 24.9 Å². The molecular weight excluding hydrogens is 213 g/mol. The van der Waals surface area contributed by atoms with Crippen molar-refractivity contribution in [2.24, 2.45) is 5.84 Å². The van der Waals surface area contributed by atoms with Crippen molar-refractivity contribution in [2.75, 3.05) is 14.2 Å². The van der Waals surface area contributed by atoms with Crippen LogP contribution in [0.1, 0.15) is 19.3 Å². The maximum Gasteiger partial charge on any atom is 0.389 e. The molecule has 0 aromatic carbocycles. The molecule has 7 heteroatoms. The maximum atomic E-state index is 11.9. The molecule has 0 spiro atoms. The number of alkyl halides is 3. The first-order valence-corrected chi connectivity index (χ1v) is 4.53. The highest BCUT2D eigenvalue weighted by molar-refractivity contribution is 4.68. The van der Waals surface area contributed by atoms with Gasteiger partial charge >= 0.3 is 6.18 Å². The number of hydrazine groups is 1. The van der Waals surface area contributed by atoms with Crippen LogP contribution in [-0.4, -0.2) is 32.7 Å². The molecule has 0 aromatic heterocycles. The highest BCUT2D eigenvalue weighted by atomic mass is 19.4. The standard InChI is InChI=1S/C8H17F3N2O2/c1-14-7(15-2)6(13-12)4-3-5-8(9,10)11/h6-7,13H,3-5,12H2,1-2H3. The van der Waals surface area contributed by atoms with Gasteiger partial charge in [0.2, 0.25) is 0 Å². The Hall–Kier alpha value is -0.370. The number of nitrogens with two attached hydrogens (primary N) is 1. The first-order valence-electron chi connectivity index (χ1n) is 4.53. The lowest BCUT2D eigenvalue weighted by atomic mass is 10.1. The molecule has 0 fully saturated rings. The van der Waals surface area contributed by atoms with Crippen molar-refractivity contribution >= 4 is 0 Å². The molecule has 4 nitrogen and oxygen atoms in total. The van der Waals surface area contributed by atoms with Crippen LogP contribution >= 0.6 is 0 Å². The zero-order valence-electron chi connectivity index (χ0n) is 8.80. The van der Waals surface area contributed by atoms with Gasteiger partial charge in [0.15, 0.2) is 6.29 Å². The Labute approximate surface area is 86.9 Å². The Bertz CT molecular complexity index is 162. The Morgan fingerprint density at radius 3 is 2.13 bits per heavy atom. The van der Waals surface area contributed by atoms with Crippen LogP contribution in [0.25, 0.3) is 0 Å². The van der Waals surface area contributed by atoms with E-state index in [2.05, 4.69) is 5.43 Å². The minimum atomic E-state index is -4.13. The average molecular weight is 230 g/mol. The zero-order chi connectivity index (χ0) is 11.9. The maximum absolute atomic E-state index is 11.9. The van der Waals surface area contributed by atoms with Crippen LogP contribution in [0.3, 0.4) is 0 Å². The molecule has 0 radical (unpaired) electrons. The molecule has 92 valence electrons. The van der Waals surface area contributed by atoms with E-state index in [1.54, 1.807) is 0 Å². The van der Waals surface area contributed by atoms with Crippen molar-refractivity contribution in [1.82, 2.24) is 5.43 Å². The lowest BCUT2D eigenvalue weighted by Gasteiger charge is -2.23. The van der Waals surface area contributed by atoms with Gasteiger partial charge < -0.3 is 9.47 Å². The smallest absolute Gasteiger partial charge is 0.354 e. The summed E-state index contributed by atoms with van der Waals surface area (Å²) in [5.41, 5.74) is 2.37. The Kier molecular flexibility index (Phi) is 6.82. The van der Waals surface area contributed by atoms with Crippen molar-refractivity contribution in [1.29, 1.82) is 0 Å². The van der Waals surface area contributed by atoms with Crippen LogP contribution in [-0.2, 0) is 9.47 Å². The molecule has 0 aliphatic heterocycles. The lowest BCUT2D eigenvalue weighted by Crippen LogP contribution is -2.45. The van der Waals surface area contributed by atoms with Crippen molar-refractivity contribution < 1.29 is 22.6 Å². The summed E-state index contributed by atoms with van der Waals surface area (Å²) in [4.78, 5) is 0. The molecular formula is C8H17F3N2O2. The molecule has 0 saturated carbocycles. The number of rotatable bonds is 7. The first-order chi connectivity index (χ1) is 6.94. The summed E-state index contributed by atoms with van der Waals surface area (Å²) in [6.45, 7) is 0. The van der Waals surface area contributed by atoms with Gasteiger partial charge in [-0.3, -0.25) is 11.3 Å². The van der Waals surface area contributed by atoms with Crippen LogP contribution in [0.2, 0.25) is 0 Å². The first kappa shape index (κ1) is 14.6. The van der Waals surface area contributed by atoms with Gasteiger partial charge in [0.1, 0.15) is 0 Å². The predicted molar refractivity (Wildman–Crippen MR) is 48.8 cm³/mol. The fourth-order valence-electron chi connectivity index (χ4n) is 1.25. The van der Waals surface area contributed by atoms with E-state index in [0.717, 1.165) is 0 Å². The Balaban J connectivity index is 3.89. The topological polar surface area (TPSA) is 56.5 Å². The van der Waals surface area contributed by atoms with Gasteiger partial charge in [-0.25, -0.2) is 0 Å². The van der Waals surface area contributed by atoms with E-state index in [1.807, 2.05) is 0 Å². The summed E-state index contributed by atoms with van der Waals surface area (Å²) in [5.74, 6) is 5.18. The number of halogens is 3.